The zero-order valence-corrected chi connectivity index (χ0v) is 20.7. The summed E-state index contributed by atoms with van der Waals surface area (Å²) in [6.45, 7) is 10.7. The Kier molecular flexibility index (Phi) is 6.18. The van der Waals surface area contributed by atoms with Gasteiger partial charge in [0.2, 0.25) is 5.91 Å². The van der Waals surface area contributed by atoms with E-state index in [0.717, 1.165) is 30.0 Å². The van der Waals surface area contributed by atoms with Crippen molar-refractivity contribution in [1.29, 1.82) is 0 Å². The van der Waals surface area contributed by atoms with E-state index >= 15 is 0 Å². The van der Waals surface area contributed by atoms with Gasteiger partial charge < -0.3 is 25.5 Å². The van der Waals surface area contributed by atoms with Gasteiger partial charge in [-0.2, -0.15) is 0 Å². The molecule has 2 atom stereocenters. The smallest absolute Gasteiger partial charge is 0.228 e. The summed E-state index contributed by atoms with van der Waals surface area (Å²) in [6, 6.07) is 16.2. The fourth-order valence-corrected chi connectivity index (χ4v) is 5.22. The predicted octanol–water partition coefficient (Wildman–Crippen LogP) is 4.55. The number of carbonyl (C=O) groups excluding carboxylic acids is 1. The second kappa shape index (κ2) is 8.65. The van der Waals surface area contributed by atoms with Gasteiger partial charge in [0.1, 0.15) is 0 Å². The first-order chi connectivity index (χ1) is 15.5. The Labute approximate surface area is 198 Å². The van der Waals surface area contributed by atoms with Crippen LogP contribution >= 0.6 is 0 Å². The van der Waals surface area contributed by atoms with Crippen molar-refractivity contribution in [2.45, 2.75) is 46.4 Å². The summed E-state index contributed by atoms with van der Waals surface area (Å²) in [6.07, 6.45) is 0.352. The van der Waals surface area contributed by atoms with Crippen molar-refractivity contribution >= 4 is 23.0 Å². The third-order valence-electron chi connectivity index (χ3n) is 8.21. The van der Waals surface area contributed by atoms with Crippen molar-refractivity contribution < 1.29 is 9.90 Å². The molecule has 1 aliphatic carbocycles. The number of carbonyl (C=O) groups is 1. The first-order valence-electron chi connectivity index (χ1n) is 11.9. The molecule has 1 saturated carbocycles. The van der Waals surface area contributed by atoms with Crippen LogP contribution in [0.3, 0.4) is 0 Å². The second-order valence-corrected chi connectivity index (χ2v) is 10.9. The first-order valence-corrected chi connectivity index (χ1v) is 11.9. The Morgan fingerprint density at radius 3 is 2.09 bits per heavy atom. The molecule has 1 saturated heterocycles. The van der Waals surface area contributed by atoms with Crippen molar-refractivity contribution in [2.75, 3.05) is 42.7 Å². The highest BCUT2D eigenvalue weighted by atomic mass is 16.3. The topological polar surface area (TPSA) is 67.8 Å². The van der Waals surface area contributed by atoms with Crippen LogP contribution in [0.15, 0.2) is 48.5 Å². The van der Waals surface area contributed by atoms with Gasteiger partial charge in [0.15, 0.2) is 6.23 Å². The van der Waals surface area contributed by atoms with Crippen LogP contribution in [0.25, 0.3) is 0 Å². The number of benzene rings is 2. The van der Waals surface area contributed by atoms with Crippen molar-refractivity contribution in [1.82, 2.24) is 4.90 Å². The summed E-state index contributed by atoms with van der Waals surface area (Å²) in [5, 5.41) is 16.8. The SMILES string of the molecule is CN(C)C1CCN(c2ccc(NC(O)c3ccc(NC(=O)C4C(C)(C)C4(C)C)cc3)cc2)C1. The molecule has 1 aliphatic heterocycles. The summed E-state index contributed by atoms with van der Waals surface area (Å²) < 4.78 is 0. The minimum atomic E-state index is -0.827. The molecule has 6 heteroatoms. The molecular formula is C27H38N4O2. The maximum absolute atomic E-state index is 12.7. The number of hydrogen-bond acceptors (Lipinski definition) is 5. The van der Waals surface area contributed by atoms with E-state index in [1.807, 2.05) is 36.4 Å². The van der Waals surface area contributed by atoms with Crippen molar-refractivity contribution in [3.05, 3.63) is 54.1 Å². The molecular weight excluding hydrogens is 412 g/mol. The molecule has 3 N–H and O–H groups in total. The van der Waals surface area contributed by atoms with Gasteiger partial charge >= 0.3 is 0 Å². The van der Waals surface area contributed by atoms with E-state index in [1.165, 1.54) is 12.1 Å². The first kappa shape index (κ1) is 23.6. The number of hydrogen-bond donors (Lipinski definition) is 3. The Morgan fingerprint density at radius 2 is 1.58 bits per heavy atom. The fourth-order valence-electron chi connectivity index (χ4n) is 5.22. The second-order valence-electron chi connectivity index (χ2n) is 10.9. The molecule has 0 radical (unpaired) electrons. The molecule has 1 amide bonds. The summed E-state index contributed by atoms with van der Waals surface area (Å²) >= 11 is 0. The van der Waals surface area contributed by atoms with Crippen molar-refractivity contribution in [3.63, 3.8) is 0 Å². The van der Waals surface area contributed by atoms with Crippen LogP contribution in [0.2, 0.25) is 0 Å². The van der Waals surface area contributed by atoms with Crippen LogP contribution in [-0.4, -0.2) is 49.1 Å². The van der Waals surface area contributed by atoms with E-state index in [1.54, 1.807) is 0 Å². The molecule has 2 unspecified atom stereocenters. The standard InChI is InChI=1S/C27H38N4O2/c1-26(2)23(27(26,3)4)25(33)29-19-9-7-18(8-10-19)24(32)28-20-11-13-21(14-12-20)31-16-15-22(17-31)30(5)6/h7-14,22-24,28,32H,15-17H2,1-6H3,(H,29,33). The number of nitrogens with one attached hydrogen (secondary N) is 2. The van der Waals surface area contributed by atoms with Gasteiger partial charge in [-0.3, -0.25) is 4.79 Å². The maximum atomic E-state index is 12.7. The van der Waals surface area contributed by atoms with Gasteiger partial charge in [0.05, 0.1) is 0 Å². The Morgan fingerprint density at radius 1 is 1.00 bits per heavy atom. The van der Waals surface area contributed by atoms with E-state index in [0.29, 0.717) is 6.04 Å². The van der Waals surface area contributed by atoms with Gasteiger partial charge in [-0.15, -0.1) is 0 Å². The molecule has 33 heavy (non-hydrogen) atoms. The number of anilines is 3. The Balaban J connectivity index is 1.32. The van der Waals surface area contributed by atoms with Crippen molar-refractivity contribution in [3.8, 4) is 0 Å². The number of amides is 1. The number of nitrogens with zero attached hydrogens (tertiary/aromatic N) is 2. The lowest BCUT2D eigenvalue weighted by Crippen LogP contribution is -2.31. The van der Waals surface area contributed by atoms with Crippen LogP contribution in [0.5, 0.6) is 0 Å². The minimum Gasteiger partial charge on any atom is -0.370 e. The molecule has 2 aromatic carbocycles. The predicted molar refractivity (Wildman–Crippen MR) is 135 cm³/mol. The highest BCUT2D eigenvalue weighted by Gasteiger charge is 2.68. The normalized spacial score (nSPS) is 22.3. The molecule has 6 nitrogen and oxygen atoms in total. The van der Waals surface area contributed by atoms with E-state index in [9.17, 15) is 9.90 Å². The zero-order valence-electron chi connectivity index (χ0n) is 20.7. The molecule has 0 aromatic heterocycles. The monoisotopic (exact) mass is 450 g/mol. The summed E-state index contributed by atoms with van der Waals surface area (Å²) in [5.41, 5.74) is 3.59. The lowest BCUT2D eigenvalue weighted by molar-refractivity contribution is -0.118. The van der Waals surface area contributed by atoms with Crippen LogP contribution < -0.4 is 15.5 Å². The van der Waals surface area contributed by atoms with E-state index in [2.05, 4.69) is 74.4 Å². The van der Waals surface area contributed by atoms with E-state index in [4.69, 9.17) is 0 Å². The molecule has 2 fully saturated rings. The van der Waals surface area contributed by atoms with Crippen LogP contribution in [0, 0.1) is 16.7 Å². The van der Waals surface area contributed by atoms with Crippen molar-refractivity contribution in [2.24, 2.45) is 16.7 Å². The number of aliphatic hydroxyl groups is 1. The summed E-state index contributed by atoms with van der Waals surface area (Å²) in [5.74, 6) is 0.0700. The summed E-state index contributed by atoms with van der Waals surface area (Å²) in [7, 11) is 4.27. The molecule has 178 valence electrons. The lowest BCUT2D eigenvalue weighted by atomic mass is 10.0. The highest BCUT2D eigenvalue weighted by Crippen LogP contribution is 2.68. The molecule has 4 rings (SSSR count). The van der Waals surface area contributed by atoms with Gasteiger partial charge in [0, 0.05) is 47.7 Å². The largest absolute Gasteiger partial charge is 0.370 e. The van der Waals surface area contributed by atoms with Gasteiger partial charge in [0.25, 0.3) is 0 Å². The average Bonchev–Trinajstić information content (AvgIpc) is 3.09. The van der Waals surface area contributed by atoms with E-state index < -0.39 is 6.23 Å². The highest BCUT2D eigenvalue weighted by molar-refractivity contribution is 5.96. The maximum Gasteiger partial charge on any atom is 0.228 e. The fraction of sp³-hybridized carbons (Fsp3) is 0.519. The van der Waals surface area contributed by atoms with Crippen LogP contribution in [-0.2, 0) is 4.79 Å². The molecule has 0 spiro atoms. The third kappa shape index (κ3) is 4.59. The quantitative estimate of drug-likeness (QED) is 0.540. The number of aliphatic hydroxyl groups excluding tert-OH is 1. The van der Waals surface area contributed by atoms with Gasteiger partial charge in [-0.05, 0) is 67.7 Å². The van der Waals surface area contributed by atoms with Crippen LogP contribution in [0.1, 0.15) is 45.9 Å². The third-order valence-corrected chi connectivity index (χ3v) is 8.21. The van der Waals surface area contributed by atoms with Gasteiger partial charge in [-0.1, -0.05) is 39.8 Å². The molecule has 0 bridgehead atoms. The molecule has 2 aromatic rings. The minimum absolute atomic E-state index is 0.00855. The van der Waals surface area contributed by atoms with Gasteiger partial charge in [-0.25, -0.2) is 0 Å². The molecule has 2 aliphatic rings. The average molecular weight is 451 g/mol. The number of likely N-dealkylation sites (N-methyl/N-ethyl adjacent to an activating group) is 1. The summed E-state index contributed by atoms with van der Waals surface area (Å²) in [4.78, 5) is 17.4. The molecule has 1 heterocycles. The van der Waals surface area contributed by atoms with E-state index in [-0.39, 0.29) is 22.7 Å². The Bertz CT molecular complexity index is 968. The Hall–Kier alpha value is -2.57. The van der Waals surface area contributed by atoms with Crippen LogP contribution in [0.4, 0.5) is 17.1 Å². The zero-order chi connectivity index (χ0) is 24.0. The lowest BCUT2D eigenvalue weighted by Gasteiger charge is -2.22. The number of rotatable bonds is 7.